The van der Waals surface area contributed by atoms with Crippen LogP contribution in [0.4, 0.5) is 5.69 Å². The number of hydrogen-bond acceptors (Lipinski definition) is 3. The number of benzene rings is 2. The average molecular weight is 302 g/mol. The number of anilines is 1. The summed E-state index contributed by atoms with van der Waals surface area (Å²) in [4.78, 5) is 11.8. The van der Waals surface area contributed by atoms with Crippen LogP contribution in [0.5, 0.6) is 0 Å². The number of amides is 1. The van der Waals surface area contributed by atoms with Gasteiger partial charge in [0.05, 0.1) is 21.4 Å². The smallest absolute Gasteiger partial charge is 0.248 e. The molecule has 2 aromatic carbocycles. The monoisotopic (exact) mass is 302 g/mol. The first-order chi connectivity index (χ1) is 9.88. The van der Waals surface area contributed by atoms with Crippen molar-refractivity contribution in [3.63, 3.8) is 0 Å². The number of carbonyl (C=O) groups is 1. The van der Waals surface area contributed by atoms with E-state index in [1.54, 1.807) is 24.3 Å². The summed E-state index contributed by atoms with van der Waals surface area (Å²) in [5.74, 6) is -0.105. The van der Waals surface area contributed by atoms with E-state index < -0.39 is 16.7 Å². The van der Waals surface area contributed by atoms with Gasteiger partial charge in [0.2, 0.25) is 5.91 Å². The number of hydrogen-bond donors (Lipinski definition) is 2. The van der Waals surface area contributed by atoms with Crippen molar-refractivity contribution in [2.75, 3.05) is 5.73 Å². The van der Waals surface area contributed by atoms with E-state index >= 15 is 0 Å². The molecule has 2 aromatic rings. The molecule has 0 aliphatic rings. The second-order valence-electron chi connectivity index (χ2n) is 5.04. The zero-order valence-electron chi connectivity index (χ0n) is 12.1. The van der Waals surface area contributed by atoms with Crippen LogP contribution in [0.15, 0.2) is 41.3 Å². The Balaban J connectivity index is 2.25. The van der Waals surface area contributed by atoms with Gasteiger partial charge in [0, 0.05) is 11.3 Å². The fourth-order valence-corrected chi connectivity index (χ4v) is 3.41. The number of carbonyl (C=O) groups excluding carboxylic acids is 1. The first-order valence-corrected chi connectivity index (χ1v) is 7.84. The molecule has 0 aliphatic heterocycles. The Hall–Kier alpha value is -2.14. The second kappa shape index (κ2) is 6.10. The third-order valence-corrected chi connectivity index (χ3v) is 4.76. The summed E-state index contributed by atoms with van der Waals surface area (Å²) >= 11 is 0. The lowest BCUT2D eigenvalue weighted by Gasteiger charge is -2.09. The summed E-state index contributed by atoms with van der Waals surface area (Å²) in [5, 5.41) is 0. The number of aryl methyl sites for hydroxylation is 2. The number of nitrogens with two attached hydrogens (primary N) is 2. The van der Waals surface area contributed by atoms with Crippen molar-refractivity contribution >= 4 is 22.4 Å². The van der Waals surface area contributed by atoms with Crippen molar-refractivity contribution in [1.82, 2.24) is 0 Å². The highest BCUT2D eigenvalue weighted by molar-refractivity contribution is 7.84. The third kappa shape index (κ3) is 3.49. The van der Waals surface area contributed by atoms with E-state index in [-0.39, 0.29) is 0 Å². The van der Waals surface area contributed by atoms with E-state index in [9.17, 15) is 9.00 Å². The molecule has 5 heteroatoms. The molecule has 0 spiro atoms. The van der Waals surface area contributed by atoms with Crippen molar-refractivity contribution in [3.05, 3.63) is 58.7 Å². The molecule has 0 fully saturated rings. The lowest BCUT2D eigenvalue weighted by atomic mass is 10.1. The Kier molecular flexibility index (Phi) is 4.43. The van der Waals surface area contributed by atoms with Gasteiger partial charge in [-0.25, -0.2) is 0 Å². The van der Waals surface area contributed by atoms with Crippen LogP contribution in [0, 0.1) is 13.8 Å². The molecule has 21 heavy (non-hydrogen) atoms. The van der Waals surface area contributed by atoms with E-state index in [0.29, 0.717) is 21.9 Å². The lowest BCUT2D eigenvalue weighted by molar-refractivity contribution is 0.1000. The molecule has 0 bridgehead atoms. The topological polar surface area (TPSA) is 86.2 Å². The quantitative estimate of drug-likeness (QED) is 0.850. The first-order valence-electron chi connectivity index (χ1n) is 6.52. The summed E-state index contributed by atoms with van der Waals surface area (Å²) in [5.41, 5.74) is 15.0. The number of nitrogen functional groups attached to an aromatic ring is 1. The third-order valence-electron chi connectivity index (χ3n) is 3.32. The summed E-state index contributed by atoms with van der Waals surface area (Å²) in [7, 11) is -1.22. The van der Waals surface area contributed by atoms with E-state index in [4.69, 9.17) is 11.5 Å². The zero-order valence-corrected chi connectivity index (χ0v) is 12.9. The van der Waals surface area contributed by atoms with Crippen molar-refractivity contribution < 1.29 is 9.00 Å². The summed E-state index contributed by atoms with van der Waals surface area (Å²) in [6.45, 7) is 3.81. The molecule has 1 unspecified atom stereocenters. The van der Waals surface area contributed by atoms with Gasteiger partial charge in [0.15, 0.2) is 0 Å². The summed E-state index contributed by atoms with van der Waals surface area (Å²) < 4.78 is 12.5. The number of rotatable bonds is 4. The van der Waals surface area contributed by atoms with Crippen molar-refractivity contribution in [1.29, 1.82) is 0 Å². The minimum absolute atomic E-state index is 0.359. The van der Waals surface area contributed by atoms with Crippen LogP contribution in [0.1, 0.15) is 27.0 Å². The second-order valence-corrected chi connectivity index (χ2v) is 6.46. The van der Waals surface area contributed by atoms with Crippen LogP contribution in [-0.4, -0.2) is 10.1 Å². The predicted octanol–water partition coefficient (Wildman–Crippen LogP) is 2.29. The van der Waals surface area contributed by atoms with Gasteiger partial charge in [-0.15, -0.1) is 0 Å². The highest BCUT2D eigenvalue weighted by Crippen LogP contribution is 2.22. The van der Waals surface area contributed by atoms with E-state index in [2.05, 4.69) is 0 Å². The Morgan fingerprint density at radius 1 is 1.14 bits per heavy atom. The van der Waals surface area contributed by atoms with Gasteiger partial charge in [0.25, 0.3) is 0 Å². The van der Waals surface area contributed by atoms with Crippen LogP contribution in [-0.2, 0) is 16.6 Å². The SMILES string of the molecule is Cc1ccc(S(=O)Cc2ccc(C(N)=O)cc2C)c(N)c1. The maximum Gasteiger partial charge on any atom is 0.248 e. The Morgan fingerprint density at radius 3 is 2.43 bits per heavy atom. The fraction of sp³-hybridized carbons (Fsp3) is 0.188. The van der Waals surface area contributed by atoms with Gasteiger partial charge in [-0.2, -0.15) is 0 Å². The molecule has 110 valence electrons. The standard InChI is InChI=1S/C16H18N2O2S/c1-10-3-6-15(14(17)7-10)21(20)9-13-5-4-12(16(18)19)8-11(13)2/h3-8H,9,17H2,1-2H3,(H2,18,19). The molecular weight excluding hydrogens is 284 g/mol. The molecule has 4 nitrogen and oxygen atoms in total. The van der Waals surface area contributed by atoms with Crippen molar-refractivity contribution in [3.8, 4) is 0 Å². The molecule has 1 amide bonds. The van der Waals surface area contributed by atoms with Gasteiger partial charge in [-0.3, -0.25) is 9.00 Å². The van der Waals surface area contributed by atoms with E-state index in [1.165, 1.54) is 0 Å². The van der Waals surface area contributed by atoms with Gasteiger partial charge in [-0.1, -0.05) is 12.1 Å². The molecular formula is C16H18N2O2S. The molecule has 0 saturated heterocycles. The highest BCUT2D eigenvalue weighted by atomic mass is 32.2. The molecule has 2 rings (SSSR count). The fourth-order valence-electron chi connectivity index (χ4n) is 2.11. The zero-order chi connectivity index (χ0) is 15.6. The molecule has 0 radical (unpaired) electrons. The van der Waals surface area contributed by atoms with E-state index in [0.717, 1.165) is 16.7 Å². The van der Waals surface area contributed by atoms with Gasteiger partial charge >= 0.3 is 0 Å². The van der Waals surface area contributed by atoms with Gasteiger partial charge in [-0.05, 0) is 54.8 Å². The lowest BCUT2D eigenvalue weighted by Crippen LogP contribution is -2.11. The molecule has 4 N–H and O–H groups in total. The van der Waals surface area contributed by atoms with Crippen LogP contribution in [0.2, 0.25) is 0 Å². The molecule has 0 aliphatic carbocycles. The minimum atomic E-state index is -1.22. The first kappa shape index (κ1) is 15.3. The highest BCUT2D eigenvalue weighted by Gasteiger charge is 2.11. The van der Waals surface area contributed by atoms with Gasteiger partial charge < -0.3 is 11.5 Å². The van der Waals surface area contributed by atoms with E-state index in [1.807, 2.05) is 26.0 Å². The Morgan fingerprint density at radius 2 is 1.86 bits per heavy atom. The van der Waals surface area contributed by atoms with Gasteiger partial charge in [0.1, 0.15) is 0 Å². The summed E-state index contributed by atoms with van der Waals surface area (Å²) in [6, 6.07) is 10.7. The van der Waals surface area contributed by atoms with Crippen LogP contribution >= 0.6 is 0 Å². The summed E-state index contributed by atoms with van der Waals surface area (Å²) in [6.07, 6.45) is 0. The number of primary amides is 1. The maximum absolute atomic E-state index is 12.5. The van der Waals surface area contributed by atoms with Crippen LogP contribution in [0.3, 0.4) is 0 Å². The van der Waals surface area contributed by atoms with Crippen LogP contribution < -0.4 is 11.5 Å². The van der Waals surface area contributed by atoms with Crippen molar-refractivity contribution in [2.24, 2.45) is 5.73 Å². The molecule has 0 heterocycles. The predicted molar refractivity (Wildman–Crippen MR) is 85.4 cm³/mol. The van der Waals surface area contributed by atoms with Crippen LogP contribution in [0.25, 0.3) is 0 Å². The molecule has 0 saturated carbocycles. The molecule has 0 aromatic heterocycles. The normalized spacial score (nSPS) is 12.1. The minimum Gasteiger partial charge on any atom is -0.398 e. The van der Waals surface area contributed by atoms with Crippen molar-refractivity contribution in [2.45, 2.75) is 24.5 Å². The molecule has 1 atom stereocenters. The largest absolute Gasteiger partial charge is 0.398 e. The average Bonchev–Trinajstić information content (AvgIpc) is 2.40. The Bertz CT molecular complexity index is 726. The maximum atomic E-state index is 12.5. The Labute approximate surface area is 126 Å².